The molecule has 0 spiro atoms. The van der Waals surface area contributed by atoms with E-state index in [4.69, 9.17) is 4.74 Å². The van der Waals surface area contributed by atoms with Crippen LogP contribution in [-0.2, 0) is 13.2 Å². The lowest BCUT2D eigenvalue weighted by molar-refractivity contribution is 0.282. The molecule has 0 amide bonds. The second-order valence-electron chi connectivity index (χ2n) is 3.89. The van der Waals surface area contributed by atoms with E-state index in [0.717, 1.165) is 22.6 Å². The third-order valence-electron chi connectivity index (χ3n) is 2.72. The third-order valence-corrected chi connectivity index (χ3v) is 2.72. The van der Waals surface area contributed by atoms with Crippen LogP contribution in [-0.4, -0.2) is 17.2 Å². The summed E-state index contributed by atoms with van der Waals surface area (Å²) in [4.78, 5) is 4.04. The van der Waals surface area contributed by atoms with Crippen molar-refractivity contribution in [3.8, 4) is 5.75 Å². The minimum absolute atomic E-state index is 0.00741. The molecule has 0 aliphatic heterocycles. The van der Waals surface area contributed by atoms with Crippen molar-refractivity contribution in [3.05, 3.63) is 53.9 Å². The number of aliphatic hydroxyl groups excluding tert-OH is 1. The summed E-state index contributed by atoms with van der Waals surface area (Å²) in [5.41, 5.74) is 2.85. The van der Waals surface area contributed by atoms with Crippen molar-refractivity contribution < 1.29 is 9.84 Å². The van der Waals surface area contributed by atoms with Gasteiger partial charge in [0.15, 0.2) is 0 Å². The highest BCUT2D eigenvalue weighted by Gasteiger charge is 2.01. The first-order chi connectivity index (χ1) is 8.83. The Kier molecular flexibility index (Phi) is 4.15. The second kappa shape index (κ2) is 6.02. The molecule has 0 bridgehead atoms. The lowest BCUT2D eigenvalue weighted by atomic mass is 10.2. The number of aromatic nitrogens is 1. The van der Waals surface area contributed by atoms with Gasteiger partial charge < -0.3 is 15.2 Å². The summed E-state index contributed by atoms with van der Waals surface area (Å²) in [5.74, 6) is 0.844. The van der Waals surface area contributed by atoms with Gasteiger partial charge in [-0.3, -0.25) is 4.98 Å². The van der Waals surface area contributed by atoms with Crippen LogP contribution in [0.25, 0.3) is 0 Å². The summed E-state index contributed by atoms with van der Waals surface area (Å²) in [5, 5.41) is 12.5. The van der Waals surface area contributed by atoms with Crippen molar-refractivity contribution in [1.29, 1.82) is 0 Å². The van der Waals surface area contributed by atoms with Gasteiger partial charge in [0.1, 0.15) is 5.75 Å². The average Bonchev–Trinajstić information content (AvgIpc) is 2.46. The highest BCUT2D eigenvalue weighted by Crippen LogP contribution is 2.16. The van der Waals surface area contributed by atoms with Crippen molar-refractivity contribution >= 4 is 5.69 Å². The molecule has 1 aromatic heterocycles. The van der Waals surface area contributed by atoms with Gasteiger partial charge >= 0.3 is 0 Å². The average molecular weight is 244 g/mol. The molecule has 0 fully saturated rings. The normalized spacial score (nSPS) is 10.1. The summed E-state index contributed by atoms with van der Waals surface area (Å²) in [6.07, 6.45) is 3.39. The maximum absolute atomic E-state index is 9.20. The maximum Gasteiger partial charge on any atom is 0.118 e. The molecule has 1 heterocycles. The first-order valence-electron chi connectivity index (χ1n) is 5.74. The molecule has 0 radical (unpaired) electrons. The number of methoxy groups -OCH3 is 1. The Bertz CT molecular complexity index is 497. The fraction of sp³-hybridized carbons (Fsp3) is 0.214. The molecule has 2 aromatic rings. The summed E-state index contributed by atoms with van der Waals surface area (Å²) >= 11 is 0. The van der Waals surface area contributed by atoms with Crippen LogP contribution in [0.5, 0.6) is 5.75 Å². The van der Waals surface area contributed by atoms with Crippen molar-refractivity contribution in [2.75, 3.05) is 12.4 Å². The molecule has 1 aromatic carbocycles. The number of ether oxygens (including phenoxy) is 1. The molecule has 0 aliphatic rings. The molecule has 4 nitrogen and oxygen atoms in total. The Morgan fingerprint density at radius 1 is 1.22 bits per heavy atom. The van der Waals surface area contributed by atoms with E-state index in [0.29, 0.717) is 6.54 Å². The van der Waals surface area contributed by atoms with Crippen molar-refractivity contribution in [2.45, 2.75) is 13.2 Å². The predicted molar refractivity (Wildman–Crippen MR) is 70.5 cm³/mol. The molecular weight excluding hydrogens is 228 g/mol. The number of nitrogens with one attached hydrogen (secondary N) is 1. The zero-order valence-electron chi connectivity index (χ0n) is 10.3. The zero-order valence-corrected chi connectivity index (χ0v) is 10.3. The van der Waals surface area contributed by atoms with Crippen molar-refractivity contribution in [3.63, 3.8) is 0 Å². The highest BCUT2D eigenvalue weighted by atomic mass is 16.5. The third kappa shape index (κ3) is 2.99. The number of hydrogen-bond donors (Lipinski definition) is 2. The lowest BCUT2D eigenvalue weighted by Gasteiger charge is -2.10. The fourth-order valence-corrected chi connectivity index (χ4v) is 1.66. The Balaban J connectivity index is 2.02. The van der Waals surface area contributed by atoms with E-state index < -0.39 is 0 Å². The van der Waals surface area contributed by atoms with E-state index in [-0.39, 0.29) is 6.61 Å². The van der Waals surface area contributed by atoms with Gasteiger partial charge in [-0.25, -0.2) is 0 Å². The predicted octanol–water partition coefficient (Wildman–Crippen LogP) is 2.19. The van der Waals surface area contributed by atoms with Crippen LogP contribution < -0.4 is 10.1 Å². The zero-order chi connectivity index (χ0) is 12.8. The molecule has 4 heteroatoms. The Hall–Kier alpha value is -2.07. The van der Waals surface area contributed by atoms with Crippen LogP contribution in [0.15, 0.2) is 42.7 Å². The van der Waals surface area contributed by atoms with Gasteiger partial charge in [0.05, 0.1) is 25.6 Å². The topological polar surface area (TPSA) is 54.4 Å². The van der Waals surface area contributed by atoms with Gasteiger partial charge in [-0.2, -0.15) is 0 Å². The molecule has 0 atom stereocenters. The first-order valence-corrected chi connectivity index (χ1v) is 5.74. The van der Waals surface area contributed by atoms with Crippen molar-refractivity contribution in [2.24, 2.45) is 0 Å². The molecule has 2 rings (SSSR count). The first kappa shape index (κ1) is 12.4. The lowest BCUT2D eigenvalue weighted by Crippen LogP contribution is -2.03. The van der Waals surface area contributed by atoms with Gasteiger partial charge in [0.2, 0.25) is 0 Å². The van der Waals surface area contributed by atoms with E-state index >= 15 is 0 Å². The number of anilines is 1. The number of benzene rings is 1. The molecule has 94 valence electrons. The largest absolute Gasteiger partial charge is 0.497 e. The van der Waals surface area contributed by atoms with Gasteiger partial charge in [-0.1, -0.05) is 12.1 Å². The van der Waals surface area contributed by atoms with Gasteiger partial charge in [-0.15, -0.1) is 0 Å². The van der Waals surface area contributed by atoms with E-state index in [1.54, 1.807) is 25.6 Å². The molecule has 2 N–H and O–H groups in total. The minimum atomic E-state index is 0.00741. The summed E-state index contributed by atoms with van der Waals surface area (Å²) in [6.45, 7) is 0.691. The smallest absolute Gasteiger partial charge is 0.118 e. The minimum Gasteiger partial charge on any atom is -0.497 e. The number of hydrogen-bond acceptors (Lipinski definition) is 4. The highest BCUT2D eigenvalue weighted by molar-refractivity contribution is 5.49. The van der Waals surface area contributed by atoms with Crippen LogP contribution >= 0.6 is 0 Å². The molecular formula is C14H16N2O2. The van der Waals surface area contributed by atoms with Crippen LogP contribution in [0.1, 0.15) is 11.1 Å². The van der Waals surface area contributed by atoms with E-state index in [2.05, 4.69) is 10.3 Å². The monoisotopic (exact) mass is 244 g/mol. The Morgan fingerprint density at radius 3 is 2.67 bits per heavy atom. The Labute approximate surface area is 106 Å². The maximum atomic E-state index is 9.20. The number of rotatable bonds is 5. The van der Waals surface area contributed by atoms with Gasteiger partial charge in [-0.05, 0) is 23.8 Å². The molecule has 0 saturated carbocycles. The molecule has 0 aliphatic carbocycles. The summed E-state index contributed by atoms with van der Waals surface area (Å²) < 4.78 is 5.10. The summed E-state index contributed by atoms with van der Waals surface area (Å²) in [7, 11) is 1.65. The summed E-state index contributed by atoms with van der Waals surface area (Å²) in [6, 6.07) is 9.65. The van der Waals surface area contributed by atoms with Crippen LogP contribution in [0.4, 0.5) is 5.69 Å². The SMILES string of the molecule is COc1ccc(CNc2cnccc2CO)cc1. The fourth-order valence-electron chi connectivity index (χ4n) is 1.66. The van der Waals surface area contributed by atoms with E-state index in [9.17, 15) is 5.11 Å². The molecule has 18 heavy (non-hydrogen) atoms. The quantitative estimate of drug-likeness (QED) is 0.846. The van der Waals surface area contributed by atoms with Crippen LogP contribution in [0, 0.1) is 0 Å². The standard InChI is InChI=1S/C14H16N2O2/c1-18-13-4-2-11(3-5-13)8-16-14-9-15-7-6-12(14)10-17/h2-7,9,16-17H,8,10H2,1H3. The second-order valence-corrected chi connectivity index (χ2v) is 3.89. The number of pyridine rings is 1. The molecule has 0 unspecified atom stereocenters. The van der Waals surface area contributed by atoms with Gasteiger partial charge in [0.25, 0.3) is 0 Å². The van der Waals surface area contributed by atoms with Crippen LogP contribution in [0.2, 0.25) is 0 Å². The van der Waals surface area contributed by atoms with E-state index in [1.165, 1.54) is 0 Å². The number of aliphatic hydroxyl groups is 1. The Morgan fingerprint density at radius 2 is 2.00 bits per heavy atom. The van der Waals surface area contributed by atoms with Crippen molar-refractivity contribution in [1.82, 2.24) is 4.98 Å². The molecule has 0 saturated heterocycles. The number of nitrogens with zero attached hydrogens (tertiary/aromatic N) is 1. The van der Waals surface area contributed by atoms with Gasteiger partial charge in [0, 0.05) is 18.3 Å². The van der Waals surface area contributed by atoms with E-state index in [1.807, 2.05) is 24.3 Å². The van der Waals surface area contributed by atoms with Crippen LogP contribution in [0.3, 0.4) is 0 Å².